The normalized spacial score (nSPS) is 16.5. The summed E-state index contributed by atoms with van der Waals surface area (Å²) in [7, 11) is 0. The van der Waals surface area contributed by atoms with E-state index < -0.39 is 5.54 Å². The molecule has 0 amide bonds. The van der Waals surface area contributed by atoms with Gasteiger partial charge in [-0.2, -0.15) is 4.99 Å². The fraction of sp³-hybridized carbons (Fsp3) is 0.400. The summed E-state index contributed by atoms with van der Waals surface area (Å²) in [5.41, 5.74) is 0.112. The Labute approximate surface area is 76.9 Å². The van der Waals surface area contributed by atoms with Crippen LogP contribution < -0.4 is 0 Å². The van der Waals surface area contributed by atoms with E-state index in [9.17, 15) is 9.59 Å². The number of aliphatic imine (C=N–C) groups is 1. The molecule has 0 bridgehead atoms. The highest BCUT2D eigenvalue weighted by atomic mass is 16.1. The molecule has 1 aliphatic rings. The number of nitrogens with zero attached hydrogens (tertiary/aromatic N) is 1. The third-order valence-corrected chi connectivity index (χ3v) is 1.96. The Balaban J connectivity index is 3.00. The van der Waals surface area contributed by atoms with Crippen LogP contribution in [0.25, 0.3) is 0 Å². The molecular weight excluding hydrogens is 166 g/mol. The molecule has 0 saturated heterocycles. The highest BCUT2D eigenvalue weighted by molar-refractivity contribution is 5.93. The fourth-order valence-corrected chi connectivity index (χ4v) is 1.14. The third-order valence-electron chi connectivity index (χ3n) is 1.96. The van der Waals surface area contributed by atoms with Crippen LogP contribution in [0.1, 0.15) is 20.3 Å². The summed E-state index contributed by atoms with van der Waals surface area (Å²) in [6.07, 6.45) is 7.07. The van der Waals surface area contributed by atoms with Gasteiger partial charge in [-0.15, -0.1) is 0 Å². The molecule has 1 aliphatic carbocycles. The van der Waals surface area contributed by atoms with Crippen LogP contribution in [0.2, 0.25) is 0 Å². The summed E-state index contributed by atoms with van der Waals surface area (Å²) in [6.45, 7) is 3.54. The summed E-state index contributed by atoms with van der Waals surface area (Å²) in [5, 5.41) is 0. The second-order valence-electron chi connectivity index (χ2n) is 3.43. The minimum absolute atomic E-state index is 0.0478. The van der Waals surface area contributed by atoms with Crippen LogP contribution >= 0.6 is 0 Å². The van der Waals surface area contributed by atoms with Gasteiger partial charge >= 0.3 is 0 Å². The number of ketones is 1. The van der Waals surface area contributed by atoms with E-state index in [1.54, 1.807) is 19.9 Å². The molecule has 0 fully saturated rings. The van der Waals surface area contributed by atoms with Crippen LogP contribution in [0.15, 0.2) is 28.8 Å². The Morgan fingerprint density at radius 1 is 1.54 bits per heavy atom. The van der Waals surface area contributed by atoms with E-state index in [0.29, 0.717) is 6.42 Å². The van der Waals surface area contributed by atoms with Crippen molar-refractivity contribution in [1.29, 1.82) is 0 Å². The van der Waals surface area contributed by atoms with Crippen molar-refractivity contribution in [3.8, 4) is 0 Å². The topological polar surface area (TPSA) is 46.5 Å². The SMILES string of the molecule is CC(C)(N=C=O)C1=CC(=O)CC=C1. The smallest absolute Gasteiger partial charge is 0.235 e. The Kier molecular flexibility index (Phi) is 2.59. The van der Waals surface area contributed by atoms with Crippen molar-refractivity contribution in [2.24, 2.45) is 4.99 Å². The molecule has 0 radical (unpaired) electrons. The van der Waals surface area contributed by atoms with Gasteiger partial charge in [-0.05, 0) is 25.5 Å². The number of carbonyl (C=O) groups excluding carboxylic acids is 2. The summed E-state index contributed by atoms with van der Waals surface area (Å²) in [5.74, 6) is 0.0478. The number of hydrogen-bond donors (Lipinski definition) is 0. The zero-order chi connectivity index (χ0) is 9.90. The van der Waals surface area contributed by atoms with Gasteiger partial charge in [-0.3, -0.25) is 4.79 Å². The molecule has 68 valence electrons. The van der Waals surface area contributed by atoms with E-state index >= 15 is 0 Å². The lowest BCUT2D eigenvalue weighted by Gasteiger charge is -2.20. The van der Waals surface area contributed by atoms with Crippen molar-refractivity contribution in [2.75, 3.05) is 0 Å². The highest BCUT2D eigenvalue weighted by Gasteiger charge is 2.22. The lowest BCUT2D eigenvalue weighted by Crippen LogP contribution is -2.21. The molecule has 0 atom stereocenters. The fourth-order valence-electron chi connectivity index (χ4n) is 1.14. The van der Waals surface area contributed by atoms with Crippen molar-refractivity contribution in [1.82, 2.24) is 0 Å². The lowest BCUT2D eigenvalue weighted by atomic mass is 9.90. The molecule has 1 rings (SSSR count). The molecule has 3 nitrogen and oxygen atoms in total. The second kappa shape index (κ2) is 3.50. The maximum atomic E-state index is 11.1. The van der Waals surface area contributed by atoms with E-state index in [0.717, 1.165) is 5.57 Å². The second-order valence-corrected chi connectivity index (χ2v) is 3.43. The van der Waals surface area contributed by atoms with Gasteiger partial charge < -0.3 is 0 Å². The largest absolute Gasteiger partial charge is 0.294 e. The average Bonchev–Trinajstić information content (AvgIpc) is 2.04. The number of hydrogen-bond acceptors (Lipinski definition) is 3. The predicted octanol–water partition coefficient (Wildman–Crippen LogP) is 1.56. The van der Waals surface area contributed by atoms with Gasteiger partial charge in [0.05, 0.1) is 5.54 Å². The zero-order valence-corrected chi connectivity index (χ0v) is 7.70. The van der Waals surface area contributed by atoms with Crippen LogP contribution in [0, 0.1) is 0 Å². The number of allylic oxidation sites excluding steroid dienone is 2. The van der Waals surface area contributed by atoms with Crippen molar-refractivity contribution in [3.63, 3.8) is 0 Å². The van der Waals surface area contributed by atoms with Gasteiger partial charge in [0.15, 0.2) is 5.78 Å². The Bertz CT molecular complexity index is 331. The molecular formula is C10H11NO2. The first-order valence-corrected chi connectivity index (χ1v) is 4.07. The molecule has 0 N–H and O–H groups in total. The number of carbonyl (C=O) groups is 1. The van der Waals surface area contributed by atoms with E-state index in [2.05, 4.69) is 4.99 Å². The van der Waals surface area contributed by atoms with Crippen molar-refractivity contribution in [2.45, 2.75) is 25.8 Å². The predicted molar refractivity (Wildman–Crippen MR) is 49.0 cm³/mol. The molecule has 0 spiro atoms. The standard InChI is InChI=1S/C10H11NO2/c1-10(2,11-7-12)8-4-3-5-9(13)6-8/h3-4,6H,5H2,1-2H3. The Morgan fingerprint density at radius 2 is 2.23 bits per heavy atom. The summed E-state index contributed by atoms with van der Waals surface area (Å²) < 4.78 is 0. The third kappa shape index (κ3) is 2.23. The van der Waals surface area contributed by atoms with Gasteiger partial charge in [-0.25, -0.2) is 4.79 Å². The summed E-state index contributed by atoms with van der Waals surface area (Å²) in [6, 6.07) is 0. The molecule has 3 heteroatoms. The Morgan fingerprint density at radius 3 is 2.77 bits per heavy atom. The quantitative estimate of drug-likeness (QED) is 0.474. The van der Waals surface area contributed by atoms with Crippen LogP contribution in [-0.2, 0) is 9.59 Å². The van der Waals surface area contributed by atoms with E-state index in [1.165, 1.54) is 12.2 Å². The minimum atomic E-state index is -0.645. The van der Waals surface area contributed by atoms with Crippen LogP contribution in [0.3, 0.4) is 0 Å². The van der Waals surface area contributed by atoms with Gasteiger partial charge in [0.1, 0.15) is 0 Å². The molecule has 0 aromatic carbocycles. The van der Waals surface area contributed by atoms with Gasteiger partial charge in [0.2, 0.25) is 6.08 Å². The molecule has 0 aliphatic heterocycles. The first-order valence-electron chi connectivity index (χ1n) is 4.07. The van der Waals surface area contributed by atoms with Crippen LogP contribution in [-0.4, -0.2) is 17.4 Å². The van der Waals surface area contributed by atoms with Crippen molar-refractivity contribution < 1.29 is 9.59 Å². The molecule has 0 saturated carbocycles. The Hall–Kier alpha value is -1.47. The van der Waals surface area contributed by atoms with Crippen LogP contribution in [0.4, 0.5) is 0 Å². The minimum Gasteiger partial charge on any atom is -0.294 e. The first kappa shape index (κ1) is 9.62. The molecule has 0 aromatic rings. The van der Waals surface area contributed by atoms with Gasteiger partial charge in [0, 0.05) is 6.42 Å². The van der Waals surface area contributed by atoms with Crippen molar-refractivity contribution >= 4 is 11.9 Å². The van der Waals surface area contributed by atoms with E-state index in [-0.39, 0.29) is 5.78 Å². The number of isocyanates is 1. The maximum Gasteiger partial charge on any atom is 0.235 e. The number of rotatable bonds is 2. The molecule has 0 heterocycles. The average molecular weight is 177 g/mol. The highest BCUT2D eigenvalue weighted by Crippen LogP contribution is 2.23. The summed E-state index contributed by atoms with van der Waals surface area (Å²) in [4.78, 5) is 24.8. The lowest BCUT2D eigenvalue weighted by molar-refractivity contribution is -0.114. The zero-order valence-electron chi connectivity index (χ0n) is 7.70. The molecule has 0 unspecified atom stereocenters. The van der Waals surface area contributed by atoms with Crippen LogP contribution in [0.5, 0.6) is 0 Å². The molecule has 0 aromatic heterocycles. The van der Waals surface area contributed by atoms with E-state index in [4.69, 9.17) is 0 Å². The monoisotopic (exact) mass is 177 g/mol. The summed E-state index contributed by atoms with van der Waals surface area (Å²) >= 11 is 0. The van der Waals surface area contributed by atoms with Gasteiger partial charge in [-0.1, -0.05) is 12.2 Å². The van der Waals surface area contributed by atoms with E-state index in [1.807, 2.05) is 6.08 Å². The first-order chi connectivity index (χ1) is 6.06. The maximum absolute atomic E-state index is 11.1. The van der Waals surface area contributed by atoms with Gasteiger partial charge in [0.25, 0.3) is 0 Å². The van der Waals surface area contributed by atoms with Crippen molar-refractivity contribution in [3.05, 3.63) is 23.8 Å². The molecule has 13 heavy (non-hydrogen) atoms.